The Labute approximate surface area is 162 Å². The Morgan fingerprint density at radius 2 is 1.93 bits per heavy atom. The lowest BCUT2D eigenvalue weighted by Gasteiger charge is -2.12. The second kappa shape index (κ2) is 8.35. The Morgan fingerprint density at radius 1 is 1.19 bits per heavy atom. The smallest absolute Gasteiger partial charge is 0.258 e. The first-order chi connectivity index (χ1) is 13.0. The molecule has 7 heteroatoms. The summed E-state index contributed by atoms with van der Waals surface area (Å²) in [5, 5.41) is 7.64. The average molecular weight is 382 g/mol. The maximum Gasteiger partial charge on any atom is 0.258 e. The first-order valence-corrected chi connectivity index (χ1v) is 9.74. The highest BCUT2D eigenvalue weighted by Crippen LogP contribution is 2.25. The molecule has 1 aromatic carbocycles. The summed E-state index contributed by atoms with van der Waals surface area (Å²) in [5.41, 5.74) is 4.99. The van der Waals surface area contributed by atoms with Crippen LogP contribution in [-0.4, -0.2) is 26.8 Å². The van der Waals surface area contributed by atoms with Crippen molar-refractivity contribution in [3.63, 3.8) is 0 Å². The summed E-state index contributed by atoms with van der Waals surface area (Å²) in [6.07, 6.45) is 2.40. The highest BCUT2D eigenvalue weighted by atomic mass is 32.2. The number of aromatic nitrogens is 3. The summed E-state index contributed by atoms with van der Waals surface area (Å²) in [7, 11) is 0. The van der Waals surface area contributed by atoms with Gasteiger partial charge in [-0.25, -0.2) is 4.98 Å². The normalized spacial score (nSPS) is 10.8. The minimum atomic E-state index is -0.0617. The molecular weight excluding hydrogens is 360 g/mol. The van der Waals surface area contributed by atoms with Crippen LogP contribution >= 0.6 is 11.8 Å². The van der Waals surface area contributed by atoms with E-state index in [-0.39, 0.29) is 11.7 Å². The van der Waals surface area contributed by atoms with E-state index in [1.807, 2.05) is 39.8 Å². The number of anilines is 1. The molecule has 0 bridgehead atoms. The zero-order valence-electron chi connectivity index (χ0n) is 15.9. The molecule has 0 atom stereocenters. The lowest BCUT2D eigenvalue weighted by molar-refractivity contribution is -0.113. The number of carbonyl (C=O) groups is 1. The molecule has 27 heavy (non-hydrogen) atoms. The second-order valence-corrected chi connectivity index (χ2v) is 7.36. The van der Waals surface area contributed by atoms with Gasteiger partial charge in [-0.15, -0.1) is 0 Å². The molecule has 2 heterocycles. The van der Waals surface area contributed by atoms with E-state index in [1.54, 1.807) is 6.20 Å². The Bertz CT molecular complexity index is 945. The van der Waals surface area contributed by atoms with Crippen molar-refractivity contribution in [2.45, 2.75) is 39.1 Å². The maximum absolute atomic E-state index is 12.4. The fourth-order valence-electron chi connectivity index (χ4n) is 2.83. The maximum atomic E-state index is 12.4. The molecule has 140 valence electrons. The quantitative estimate of drug-likeness (QED) is 0.638. The molecule has 3 rings (SSSR count). The van der Waals surface area contributed by atoms with Gasteiger partial charge in [-0.05, 0) is 44.0 Å². The fraction of sp³-hybridized carbons (Fsp3) is 0.300. The Balaban J connectivity index is 1.65. The van der Waals surface area contributed by atoms with Crippen LogP contribution in [0.1, 0.15) is 29.4 Å². The number of hydrogen-bond donors (Lipinski definition) is 1. The molecule has 0 radical (unpaired) electrons. The van der Waals surface area contributed by atoms with Crippen molar-refractivity contribution in [2.24, 2.45) is 0 Å². The van der Waals surface area contributed by atoms with Crippen LogP contribution in [0.5, 0.6) is 0 Å². The molecular formula is C20H22N4O2S. The van der Waals surface area contributed by atoms with Crippen LogP contribution in [-0.2, 0) is 11.2 Å². The van der Waals surface area contributed by atoms with Crippen molar-refractivity contribution in [1.29, 1.82) is 0 Å². The molecule has 0 aliphatic heterocycles. The number of aryl methyl sites for hydroxylation is 4. The SMILES string of the molecule is CCc1noc(-c2ccnc(SCC(=O)Nc3c(C)cc(C)cc3C)c2)n1. The minimum absolute atomic E-state index is 0.0617. The van der Waals surface area contributed by atoms with Crippen molar-refractivity contribution >= 4 is 23.4 Å². The summed E-state index contributed by atoms with van der Waals surface area (Å²) in [4.78, 5) is 21.0. The van der Waals surface area contributed by atoms with Crippen LogP contribution in [0, 0.1) is 20.8 Å². The van der Waals surface area contributed by atoms with Gasteiger partial charge in [0, 0.05) is 23.9 Å². The third kappa shape index (κ3) is 4.74. The molecule has 0 spiro atoms. The van der Waals surface area contributed by atoms with E-state index < -0.39 is 0 Å². The predicted octanol–water partition coefficient (Wildman–Crippen LogP) is 4.35. The molecule has 0 saturated heterocycles. The van der Waals surface area contributed by atoms with E-state index in [1.165, 1.54) is 17.3 Å². The zero-order chi connectivity index (χ0) is 19.4. The summed E-state index contributed by atoms with van der Waals surface area (Å²) in [5.74, 6) is 1.34. The van der Waals surface area contributed by atoms with Crippen LogP contribution in [0.3, 0.4) is 0 Å². The van der Waals surface area contributed by atoms with Crippen molar-refractivity contribution < 1.29 is 9.32 Å². The van der Waals surface area contributed by atoms with Gasteiger partial charge < -0.3 is 9.84 Å². The molecule has 1 amide bonds. The second-order valence-electron chi connectivity index (χ2n) is 6.36. The predicted molar refractivity (Wildman–Crippen MR) is 107 cm³/mol. The number of nitrogens with zero attached hydrogens (tertiary/aromatic N) is 3. The van der Waals surface area contributed by atoms with E-state index in [0.717, 1.165) is 27.4 Å². The van der Waals surface area contributed by atoms with Crippen molar-refractivity contribution in [3.8, 4) is 11.5 Å². The average Bonchev–Trinajstić information content (AvgIpc) is 3.12. The number of pyridine rings is 1. The van der Waals surface area contributed by atoms with E-state index in [0.29, 0.717) is 18.1 Å². The first-order valence-electron chi connectivity index (χ1n) is 8.75. The number of nitrogens with one attached hydrogen (secondary N) is 1. The van der Waals surface area contributed by atoms with Gasteiger partial charge in [-0.1, -0.05) is 41.5 Å². The van der Waals surface area contributed by atoms with Crippen molar-refractivity contribution in [1.82, 2.24) is 15.1 Å². The Hall–Kier alpha value is -2.67. The van der Waals surface area contributed by atoms with Crippen molar-refractivity contribution in [2.75, 3.05) is 11.1 Å². The number of hydrogen-bond acceptors (Lipinski definition) is 6. The minimum Gasteiger partial charge on any atom is -0.334 e. The van der Waals surface area contributed by atoms with E-state index in [9.17, 15) is 4.79 Å². The molecule has 0 unspecified atom stereocenters. The molecule has 1 N–H and O–H groups in total. The van der Waals surface area contributed by atoms with Gasteiger partial charge in [0.1, 0.15) is 0 Å². The van der Waals surface area contributed by atoms with E-state index >= 15 is 0 Å². The summed E-state index contributed by atoms with van der Waals surface area (Å²) in [6, 6.07) is 7.80. The molecule has 0 aliphatic carbocycles. The molecule has 6 nitrogen and oxygen atoms in total. The molecule has 3 aromatic rings. The largest absolute Gasteiger partial charge is 0.334 e. The molecule has 0 aliphatic rings. The van der Waals surface area contributed by atoms with Gasteiger partial charge in [0.05, 0.1) is 10.8 Å². The summed E-state index contributed by atoms with van der Waals surface area (Å²) < 4.78 is 5.26. The number of thioether (sulfide) groups is 1. The highest BCUT2D eigenvalue weighted by Gasteiger charge is 2.12. The molecule has 0 saturated carbocycles. The van der Waals surface area contributed by atoms with Gasteiger partial charge in [0.15, 0.2) is 5.82 Å². The van der Waals surface area contributed by atoms with Gasteiger partial charge >= 0.3 is 0 Å². The third-order valence-electron chi connectivity index (χ3n) is 4.06. The Kier molecular flexibility index (Phi) is 5.91. The van der Waals surface area contributed by atoms with Crippen molar-refractivity contribution in [3.05, 3.63) is 53.0 Å². The van der Waals surface area contributed by atoms with E-state index in [2.05, 4.69) is 32.6 Å². The van der Waals surface area contributed by atoms with Gasteiger partial charge in [0.2, 0.25) is 5.91 Å². The van der Waals surface area contributed by atoms with Gasteiger partial charge in [-0.3, -0.25) is 4.79 Å². The fourth-order valence-corrected chi connectivity index (χ4v) is 3.53. The van der Waals surface area contributed by atoms with Crippen LogP contribution < -0.4 is 5.32 Å². The number of rotatable bonds is 6. The van der Waals surface area contributed by atoms with Crippen LogP contribution in [0.15, 0.2) is 40.0 Å². The summed E-state index contributed by atoms with van der Waals surface area (Å²) in [6.45, 7) is 8.02. The standard InChI is InChI=1S/C20H22N4O2S/c1-5-16-22-20(26-24-16)15-6-7-21-18(10-15)27-11-17(25)23-19-13(3)8-12(2)9-14(19)4/h6-10H,5,11H2,1-4H3,(H,23,25). The monoisotopic (exact) mass is 382 g/mol. The van der Waals surface area contributed by atoms with Gasteiger partial charge in [-0.2, -0.15) is 4.98 Å². The molecule has 0 fully saturated rings. The van der Waals surface area contributed by atoms with Gasteiger partial charge in [0.25, 0.3) is 5.89 Å². The Morgan fingerprint density at radius 3 is 2.59 bits per heavy atom. The molecule has 2 aromatic heterocycles. The number of benzene rings is 1. The van der Waals surface area contributed by atoms with Crippen LogP contribution in [0.25, 0.3) is 11.5 Å². The first kappa shape index (κ1) is 19.1. The lowest BCUT2D eigenvalue weighted by atomic mass is 10.1. The number of carbonyl (C=O) groups excluding carboxylic acids is 1. The van der Waals surface area contributed by atoms with Crippen LogP contribution in [0.2, 0.25) is 0 Å². The topological polar surface area (TPSA) is 80.9 Å². The zero-order valence-corrected chi connectivity index (χ0v) is 16.7. The third-order valence-corrected chi connectivity index (χ3v) is 4.98. The van der Waals surface area contributed by atoms with Crippen LogP contribution in [0.4, 0.5) is 5.69 Å². The van der Waals surface area contributed by atoms with E-state index in [4.69, 9.17) is 4.52 Å². The summed E-state index contributed by atoms with van der Waals surface area (Å²) >= 11 is 1.37. The lowest BCUT2D eigenvalue weighted by Crippen LogP contribution is -2.16. The highest BCUT2D eigenvalue weighted by molar-refractivity contribution is 7.99. The number of amides is 1.